The molecule has 0 bridgehead atoms. The standard InChI is InChI=1S/C11H13N5O2/c1-2-7(11(17)18)3-4-16-6-15-8-9(12)13-5-14-10(8)16/h3,5-6H,2,4H2,1H3,(H,17,18)(H2,12,13,14). The fraction of sp³-hybridized carbons (Fsp3) is 0.273. The molecule has 0 unspecified atom stereocenters. The molecule has 0 aliphatic rings. The Morgan fingerprint density at radius 3 is 2.94 bits per heavy atom. The smallest absolute Gasteiger partial charge is 0.331 e. The summed E-state index contributed by atoms with van der Waals surface area (Å²) in [5, 5.41) is 8.92. The van der Waals surface area contributed by atoms with Crippen LogP contribution in [0.15, 0.2) is 24.3 Å². The maximum Gasteiger partial charge on any atom is 0.331 e. The Morgan fingerprint density at radius 1 is 1.50 bits per heavy atom. The lowest BCUT2D eigenvalue weighted by atomic mass is 10.2. The highest BCUT2D eigenvalue weighted by atomic mass is 16.4. The van der Waals surface area contributed by atoms with Crippen LogP contribution in [0.4, 0.5) is 5.82 Å². The summed E-state index contributed by atoms with van der Waals surface area (Å²) >= 11 is 0. The number of carboxylic acids is 1. The van der Waals surface area contributed by atoms with Crippen molar-refractivity contribution in [3.63, 3.8) is 0 Å². The average Bonchev–Trinajstić information content (AvgIpc) is 2.74. The second-order valence-corrected chi connectivity index (χ2v) is 3.72. The number of aromatic nitrogens is 4. The van der Waals surface area contributed by atoms with Gasteiger partial charge in [0.1, 0.15) is 11.8 Å². The summed E-state index contributed by atoms with van der Waals surface area (Å²) in [6, 6.07) is 0. The number of anilines is 1. The van der Waals surface area contributed by atoms with E-state index in [9.17, 15) is 4.79 Å². The van der Waals surface area contributed by atoms with E-state index >= 15 is 0 Å². The van der Waals surface area contributed by atoms with Gasteiger partial charge < -0.3 is 15.4 Å². The summed E-state index contributed by atoms with van der Waals surface area (Å²) in [6.07, 6.45) is 5.04. The van der Waals surface area contributed by atoms with Gasteiger partial charge in [-0.25, -0.2) is 19.7 Å². The molecule has 0 radical (unpaired) electrons. The molecule has 2 rings (SSSR count). The van der Waals surface area contributed by atoms with Gasteiger partial charge in [-0.2, -0.15) is 0 Å². The molecule has 2 aromatic rings. The van der Waals surface area contributed by atoms with Gasteiger partial charge in [-0.3, -0.25) is 0 Å². The lowest BCUT2D eigenvalue weighted by Crippen LogP contribution is -2.03. The number of nitrogen functional groups attached to an aromatic ring is 1. The number of nitrogens with zero attached hydrogens (tertiary/aromatic N) is 4. The molecule has 0 fully saturated rings. The molecule has 2 heterocycles. The van der Waals surface area contributed by atoms with Crippen molar-refractivity contribution in [3.05, 3.63) is 24.3 Å². The molecule has 94 valence electrons. The first kappa shape index (κ1) is 12.0. The molecular formula is C11H13N5O2. The van der Waals surface area contributed by atoms with E-state index in [0.29, 0.717) is 35.5 Å². The number of nitrogens with two attached hydrogens (primary N) is 1. The lowest BCUT2D eigenvalue weighted by Gasteiger charge is -2.01. The van der Waals surface area contributed by atoms with Crippen molar-refractivity contribution in [3.8, 4) is 0 Å². The Balaban J connectivity index is 2.33. The van der Waals surface area contributed by atoms with E-state index in [1.807, 2.05) is 0 Å². The molecule has 0 amide bonds. The molecule has 0 aliphatic heterocycles. The van der Waals surface area contributed by atoms with Gasteiger partial charge in [0.15, 0.2) is 11.5 Å². The first-order valence-electron chi connectivity index (χ1n) is 5.47. The summed E-state index contributed by atoms with van der Waals surface area (Å²) < 4.78 is 1.73. The van der Waals surface area contributed by atoms with Gasteiger partial charge in [-0.05, 0) is 6.42 Å². The van der Waals surface area contributed by atoms with Crippen molar-refractivity contribution < 1.29 is 9.90 Å². The average molecular weight is 247 g/mol. The molecule has 0 atom stereocenters. The highest BCUT2D eigenvalue weighted by molar-refractivity contribution is 5.86. The van der Waals surface area contributed by atoms with Crippen LogP contribution in [0.2, 0.25) is 0 Å². The third kappa shape index (κ3) is 2.15. The maximum absolute atomic E-state index is 10.9. The van der Waals surface area contributed by atoms with E-state index in [-0.39, 0.29) is 0 Å². The number of fused-ring (bicyclic) bond motifs is 1. The van der Waals surface area contributed by atoms with Crippen molar-refractivity contribution >= 4 is 23.0 Å². The largest absolute Gasteiger partial charge is 0.478 e. The Hall–Kier alpha value is -2.44. The molecule has 3 N–H and O–H groups in total. The zero-order valence-electron chi connectivity index (χ0n) is 9.87. The normalized spacial score (nSPS) is 11.9. The van der Waals surface area contributed by atoms with Crippen molar-refractivity contribution in [1.82, 2.24) is 19.5 Å². The molecule has 7 nitrogen and oxygen atoms in total. The van der Waals surface area contributed by atoms with Gasteiger partial charge in [-0.1, -0.05) is 13.0 Å². The number of allylic oxidation sites excluding steroid dienone is 1. The maximum atomic E-state index is 10.9. The Morgan fingerprint density at radius 2 is 2.28 bits per heavy atom. The highest BCUT2D eigenvalue weighted by Crippen LogP contribution is 2.14. The number of carboxylic acid groups (broad SMARTS) is 1. The van der Waals surface area contributed by atoms with E-state index < -0.39 is 5.97 Å². The Bertz CT molecular complexity index is 617. The van der Waals surface area contributed by atoms with Gasteiger partial charge in [0.25, 0.3) is 0 Å². The van der Waals surface area contributed by atoms with Crippen molar-refractivity contribution in [2.75, 3.05) is 5.73 Å². The minimum atomic E-state index is -0.906. The number of rotatable bonds is 4. The summed E-state index contributed by atoms with van der Waals surface area (Å²) in [7, 11) is 0. The molecule has 7 heteroatoms. The van der Waals surface area contributed by atoms with Crippen LogP contribution in [0, 0.1) is 0 Å². The third-order valence-corrected chi connectivity index (χ3v) is 2.62. The van der Waals surface area contributed by atoms with Crippen LogP contribution in [-0.2, 0) is 11.3 Å². The monoisotopic (exact) mass is 247 g/mol. The fourth-order valence-electron chi connectivity index (χ4n) is 1.62. The van der Waals surface area contributed by atoms with Crippen LogP contribution in [0.3, 0.4) is 0 Å². The second-order valence-electron chi connectivity index (χ2n) is 3.72. The predicted molar refractivity (Wildman–Crippen MR) is 65.7 cm³/mol. The van der Waals surface area contributed by atoms with Crippen LogP contribution < -0.4 is 5.73 Å². The van der Waals surface area contributed by atoms with Crippen molar-refractivity contribution in [2.45, 2.75) is 19.9 Å². The topological polar surface area (TPSA) is 107 Å². The van der Waals surface area contributed by atoms with Crippen LogP contribution in [0.1, 0.15) is 13.3 Å². The number of hydrogen-bond acceptors (Lipinski definition) is 5. The van der Waals surface area contributed by atoms with Gasteiger partial charge in [0.05, 0.1) is 6.33 Å². The minimum absolute atomic E-state index is 0.316. The summed E-state index contributed by atoms with van der Waals surface area (Å²) in [5.74, 6) is -0.590. The summed E-state index contributed by atoms with van der Waals surface area (Å²) in [5.41, 5.74) is 7.15. The third-order valence-electron chi connectivity index (χ3n) is 2.62. The second kappa shape index (κ2) is 4.82. The number of carbonyl (C=O) groups is 1. The Kier molecular flexibility index (Phi) is 3.22. The van der Waals surface area contributed by atoms with Crippen LogP contribution >= 0.6 is 0 Å². The van der Waals surface area contributed by atoms with E-state index in [2.05, 4.69) is 15.0 Å². The van der Waals surface area contributed by atoms with Gasteiger partial charge in [0, 0.05) is 12.1 Å². The first-order valence-corrected chi connectivity index (χ1v) is 5.47. The van der Waals surface area contributed by atoms with Gasteiger partial charge in [-0.15, -0.1) is 0 Å². The minimum Gasteiger partial charge on any atom is -0.478 e. The lowest BCUT2D eigenvalue weighted by molar-refractivity contribution is -0.132. The fourth-order valence-corrected chi connectivity index (χ4v) is 1.62. The Labute approximate surface area is 103 Å². The number of aliphatic carboxylic acids is 1. The van der Waals surface area contributed by atoms with Gasteiger partial charge >= 0.3 is 5.97 Å². The van der Waals surface area contributed by atoms with Crippen LogP contribution in [0.5, 0.6) is 0 Å². The summed E-state index contributed by atoms with van der Waals surface area (Å²) in [4.78, 5) is 22.9. The van der Waals surface area contributed by atoms with Crippen molar-refractivity contribution in [1.29, 1.82) is 0 Å². The summed E-state index contributed by atoms with van der Waals surface area (Å²) in [6.45, 7) is 2.19. The zero-order valence-corrected chi connectivity index (χ0v) is 9.87. The van der Waals surface area contributed by atoms with Crippen LogP contribution in [0.25, 0.3) is 11.2 Å². The molecule has 0 saturated heterocycles. The van der Waals surface area contributed by atoms with E-state index in [0.717, 1.165) is 0 Å². The molecule has 2 aromatic heterocycles. The molecule has 0 saturated carbocycles. The predicted octanol–water partition coefficient (Wildman–Crippen LogP) is 0.829. The van der Waals surface area contributed by atoms with Gasteiger partial charge in [0.2, 0.25) is 0 Å². The SMILES string of the molecule is CCC(=CCn1cnc2c(N)ncnc21)C(=O)O. The van der Waals surface area contributed by atoms with Crippen LogP contribution in [-0.4, -0.2) is 30.6 Å². The highest BCUT2D eigenvalue weighted by Gasteiger charge is 2.08. The molecule has 18 heavy (non-hydrogen) atoms. The quantitative estimate of drug-likeness (QED) is 0.775. The molecular weight excluding hydrogens is 234 g/mol. The molecule has 0 aliphatic carbocycles. The molecule has 0 aromatic carbocycles. The molecule has 0 spiro atoms. The zero-order chi connectivity index (χ0) is 13.1. The number of hydrogen-bond donors (Lipinski definition) is 2. The first-order chi connectivity index (χ1) is 8.63. The van der Waals surface area contributed by atoms with E-state index in [1.54, 1.807) is 23.9 Å². The van der Waals surface area contributed by atoms with E-state index in [1.165, 1.54) is 6.33 Å². The number of imidazole rings is 1. The van der Waals surface area contributed by atoms with E-state index in [4.69, 9.17) is 10.8 Å². The van der Waals surface area contributed by atoms with Crippen molar-refractivity contribution in [2.24, 2.45) is 0 Å².